The Morgan fingerprint density at radius 1 is 1.00 bits per heavy atom. The van der Waals surface area contributed by atoms with Gasteiger partial charge in [0.2, 0.25) is 0 Å². The minimum Gasteiger partial charge on any atom is -0.0776 e. The van der Waals surface area contributed by atoms with E-state index in [9.17, 15) is 0 Å². The third-order valence-electron chi connectivity index (χ3n) is 0. The van der Waals surface area contributed by atoms with E-state index < -0.39 is 0 Å². The van der Waals surface area contributed by atoms with Crippen LogP contribution in [0.1, 0.15) is 7.43 Å². The van der Waals surface area contributed by atoms with E-state index in [1.165, 1.54) is 0 Å². The quantitative estimate of drug-likeness (QED) is 0.574. The maximum atomic E-state index is 0. The van der Waals surface area contributed by atoms with Crippen LogP contribution in [0, 0.1) is 0 Å². The largest absolute Gasteiger partial charge is 0.0776 e. The average molecular weight is 289 g/mol. The second kappa shape index (κ2) is 34.4. The Hall–Kier alpha value is 2.22. The van der Waals surface area contributed by atoms with Crippen molar-refractivity contribution in [3.8, 4) is 0 Å². The van der Waals surface area contributed by atoms with E-state index >= 15 is 0 Å². The summed E-state index contributed by atoms with van der Waals surface area (Å²) in [6.07, 6.45) is 0. The minimum absolute atomic E-state index is 0. The van der Waals surface area contributed by atoms with Crippen molar-refractivity contribution in [3.63, 3.8) is 0 Å². The van der Waals surface area contributed by atoms with Crippen LogP contribution in [-0.4, -0.2) is 0 Å². The van der Waals surface area contributed by atoms with Gasteiger partial charge in [0.05, 0.1) is 0 Å². The van der Waals surface area contributed by atoms with Crippen molar-refractivity contribution in [1.29, 1.82) is 0 Å². The second-order valence-corrected chi connectivity index (χ2v) is 0. The van der Waals surface area contributed by atoms with Crippen LogP contribution in [0.4, 0.5) is 0 Å². The first-order chi connectivity index (χ1) is 0. The molecule has 0 N–H and O–H groups in total. The number of hydrogen-bond acceptors (Lipinski definition) is 0. The summed E-state index contributed by atoms with van der Waals surface area (Å²) in [6.45, 7) is 0. The predicted molar refractivity (Wildman–Crippen MR) is 6.73 cm³/mol. The molecule has 0 heterocycles. The van der Waals surface area contributed by atoms with E-state index in [0.717, 1.165) is 0 Å². The first kappa shape index (κ1) is 56.7. The Morgan fingerprint density at radius 3 is 1.00 bits per heavy atom. The molecule has 0 bridgehead atoms. The molecule has 0 aromatic heterocycles. The molecule has 42 valence electrons. The second-order valence-electron chi connectivity index (χ2n) is 0. The van der Waals surface area contributed by atoms with E-state index in [-0.39, 0.29) is 79.1 Å². The molecule has 4 heteroatoms. The van der Waals surface area contributed by atoms with Crippen molar-refractivity contribution < 1.29 is 71.7 Å². The molecule has 0 amide bonds. The number of hydrogen-bond donors (Lipinski definition) is 0. The fraction of sp³-hybridized carbons (Fsp3) is 1.00. The molecule has 0 unspecified atom stereocenters. The van der Waals surface area contributed by atoms with Gasteiger partial charge in [-0.3, -0.25) is 0 Å². The van der Waals surface area contributed by atoms with Gasteiger partial charge in [0.1, 0.15) is 0 Å². The van der Waals surface area contributed by atoms with Gasteiger partial charge < -0.3 is 0 Å². The van der Waals surface area contributed by atoms with Gasteiger partial charge in [-0.15, -0.1) is 0 Å². The molecule has 0 rings (SSSR count). The normalized spacial score (nSPS) is 0. The molecule has 0 saturated heterocycles. The van der Waals surface area contributed by atoms with Crippen LogP contribution in [0.25, 0.3) is 0 Å². The van der Waals surface area contributed by atoms with Crippen molar-refractivity contribution in [2.24, 2.45) is 0 Å². The van der Waals surface area contributed by atoms with E-state index in [1.807, 2.05) is 0 Å². The summed E-state index contributed by atoms with van der Waals surface area (Å²) in [5.74, 6) is 0. The molecule has 0 aromatic carbocycles. The molecule has 0 aliphatic rings. The van der Waals surface area contributed by atoms with Crippen LogP contribution in [-0.2, 0) is 71.7 Å². The third-order valence-corrected chi connectivity index (χ3v) is 0. The van der Waals surface area contributed by atoms with Crippen molar-refractivity contribution in [2.45, 2.75) is 7.43 Å². The first-order valence-electron chi connectivity index (χ1n) is 0. The molecule has 0 aromatic rings. The Kier molecular flexibility index (Phi) is 390. The van der Waals surface area contributed by atoms with E-state index in [2.05, 4.69) is 0 Å². The van der Waals surface area contributed by atoms with Gasteiger partial charge in [-0.25, -0.2) is 0 Å². The Bertz CT molecular complexity index is 11.6. The smallest absolute Gasteiger partial charge is 0 e. The zero-order valence-electron chi connectivity index (χ0n) is 1.40. The van der Waals surface area contributed by atoms with Crippen LogP contribution in [0.5, 0.6) is 0 Å². The van der Waals surface area contributed by atoms with Crippen molar-refractivity contribution in [1.82, 2.24) is 0 Å². The van der Waals surface area contributed by atoms with Crippen LogP contribution in [0.3, 0.4) is 0 Å². The SMILES string of the molecule is C.[Cu].[Mn].[Mo].[Ni]. The van der Waals surface area contributed by atoms with Gasteiger partial charge in [0.15, 0.2) is 0 Å². The Balaban J connectivity index is 0. The van der Waals surface area contributed by atoms with Crippen molar-refractivity contribution in [2.75, 3.05) is 0 Å². The van der Waals surface area contributed by atoms with Crippen molar-refractivity contribution in [3.05, 3.63) is 0 Å². The third kappa shape index (κ3) is 22.5. The molecular weight excluding hydrogens is 285 g/mol. The number of rotatable bonds is 0. The molecule has 0 fully saturated rings. The molecule has 2 radical (unpaired) electrons. The fourth-order valence-corrected chi connectivity index (χ4v) is 0. The van der Waals surface area contributed by atoms with Gasteiger partial charge in [-0.1, -0.05) is 7.43 Å². The maximum Gasteiger partial charge on any atom is 0 e. The molecule has 0 spiro atoms. The summed E-state index contributed by atoms with van der Waals surface area (Å²) >= 11 is 0. The summed E-state index contributed by atoms with van der Waals surface area (Å²) in [6, 6.07) is 0. The zero-order chi connectivity index (χ0) is 0. The van der Waals surface area contributed by atoms with Crippen LogP contribution < -0.4 is 0 Å². The zero-order valence-corrected chi connectivity index (χ0v) is 6.52. The summed E-state index contributed by atoms with van der Waals surface area (Å²) in [5.41, 5.74) is 0. The van der Waals surface area contributed by atoms with E-state index in [1.54, 1.807) is 0 Å². The van der Waals surface area contributed by atoms with Crippen LogP contribution >= 0.6 is 0 Å². The predicted octanol–water partition coefficient (Wildman–Crippen LogP) is 0.626. The molecule has 0 atom stereocenters. The minimum atomic E-state index is 0. The van der Waals surface area contributed by atoms with Gasteiger partial charge in [-0.05, 0) is 0 Å². The van der Waals surface area contributed by atoms with Gasteiger partial charge >= 0.3 is 0 Å². The van der Waals surface area contributed by atoms with Crippen LogP contribution in [0.2, 0.25) is 0 Å². The fourth-order valence-electron chi connectivity index (χ4n) is 0. The molecule has 0 aliphatic carbocycles. The summed E-state index contributed by atoms with van der Waals surface area (Å²) < 4.78 is 0. The molecule has 0 nitrogen and oxygen atoms in total. The summed E-state index contributed by atoms with van der Waals surface area (Å²) in [4.78, 5) is 0. The standard InChI is InChI=1S/CH4.Cu.Mn.Mo.Ni/h1H4;;;;. The maximum absolute atomic E-state index is 0. The van der Waals surface area contributed by atoms with Crippen molar-refractivity contribution >= 4 is 0 Å². The van der Waals surface area contributed by atoms with E-state index in [0.29, 0.717) is 0 Å². The van der Waals surface area contributed by atoms with Crippen LogP contribution in [0.15, 0.2) is 0 Å². The topological polar surface area (TPSA) is 0 Å². The van der Waals surface area contributed by atoms with Gasteiger partial charge in [0.25, 0.3) is 0 Å². The average Bonchev–Trinajstić information content (AvgIpc) is 0. The first-order valence-corrected chi connectivity index (χ1v) is 0. The molecule has 0 aliphatic heterocycles. The molecule has 0 saturated carbocycles. The molecule has 5 heavy (non-hydrogen) atoms. The monoisotopic (exact) mass is 290 g/mol. The van der Waals surface area contributed by atoms with Gasteiger partial charge in [0, 0.05) is 71.7 Å². The Morgan fingerprint density at radius 2 is 1.00 bits per heavy atom. The summed E-state index contributed by atoms with van der Waals surface area (Å²) in [5, 5.41) is 0. The molecular formula is CH4CuMnMoNi. The van der Waals surface area contributed by atoms with E-state index in [4.69, 9.17) is 0 Å². The van der Waals surface area contributed by atoms with Gasteiger partial charge in [-0.2, -0.15) is 0 Å². The summed E-state index contributed by atoms with van der Waals surface area (Å²) in [7, 11) is 0. The Labute approximate surface area is 78.4 Å².